The van der Waals surface area contributed by atoms with E-state index in [-0.39, 0.29) is 12.1 Å². The van der Waals surface area contributed by atoms with Crippen molar-refractivity contribution in [1.82, 2.24) is 0 Å². The SMILES string of the molecule is CCc1cccc(CC)c1N1C=[N+](c2c(C)cccc2-c2ccccc2)[C@@H](c2ccccc2)[C@@H]1c1ccccc1. The van der Waals surface area contributed by atoms with Crippen molar-refractivity contribution in [2.24, 2.45) is 0 Å². The molecule has 6 rings (SSSR count). The number of benzene rings is 5. The molecular formula is C38H37N2+. The average Bonchev–Trinajstić information content (AvgIpc) is 3.41. The maximum atomic E-state index is 2.58. The lowest BCUT2D eigenvalue weighted by molar-refractivity contribution is -0.481. The van der Waals surface area contributed by atoms with Crippen LogP contribution in [0.15, 0.2) is 127 Å². The van der Waals surface area contributed by atoms with Crippen molar-refractivity contribution in [3.05, 3.63) is 155 Å². The Balaban J connectivity index is 1.67. The molecule has 0 saturated heterocycles. The van der Waals surface area contributed by atoms with Gasteiger partial charge >= 0.3 is 0 Å². The summed E-state index contributed by atoms with van der Waals surface area (Å²) in [4.78, 5) is 2.58. The molecular weight excluding hydrogens is 484 g/mol. The Labute approximate surface area is 238 Å². The van der Waals surface area contributed by atoms with E-state index in [1.54, 1.807) is 0 Å². The second kappa shape index (κ2) is 11.4. The molecule has 1 aliphatic heterocycles. The lowest BCUT2D eigenvalue weighted by Crippen LogP contribution is -2.28. The van der Waals surface area contributed by atoms with Gasteiger partial charge in [0.2, 0.25) is 6.34 Å². The van der Waals surface area contributed by atoms with Crippen LogP contribution in [0.25, 0.3) is 11.1 Å². The Morgan fingerprint density at radius 3 is 1.75 bits per heavy atom. The van der Waals surface area contributed by atoms with Crippen LogP contribution in [0.5, 0.6) is 0 Å². The summed E-state index contributed by atoms with van der Waals surface area (Å²) in [6.07, 6.45) is 4.38. The van der Waals surface area contributed by atoms with Crippen LogP contribution in [0.2, 0.25) is 0 Å². The van der Waals surface area contributed by atoms with Crippen LogP contribution < -0.4 is 4.90 Å². The van der Waals surface area contributed by atoms with Crippen LogP contribution in [-0.4, -0.2) is 10.9 Å². The normalized spacial score (nSPS) is 16.7. The third-order valence-electron chi connectivity index (χ3n) is 8.23. The summed E-state index contributed by atoms with van der Waals surface area (Å²) in [5.41, 5.74) is 11.8. The number of hydrogen-bond acceptors (Lipinski definition) is 1. The Bertz CT molecular complexity index is 1600. The first-order chi connectivity index (χ1) is 19.7. The lowest BCUT2D eigenvalue weighted by atomic mass is 9.90. The van der Waals surface area contributed by atoms with Gasteiger partial charge in [-0.3, -0.25) is 0 Å². The van der Waals surface area contributed by atoms with Gasteiger partial charge in [-0.1, -0.05) is 141 Å². The fourth-order valence-electron chi connectivity index (χ4n) is 6.36. The molecule has 2 nitrogen and oxygen atoms in total. The number of anilines is 1. The predicted octanol–water partition coefficient (Wildman–Crippen LogP) is 9.46. The quantitative estimate of drug-likeness (QED) is 0.193. The molecule has 0 saturated carbocycles. The molecule has 0 fully saturated rings. The van der Waals surface area contributed by atoms with E-state index in [1.165, 1.54) is 50.3 Å². The third kappa shape index (κ3) is 4.64. The fourth-order valence-corrected chi connectivity index (χ4v) is 6.36. The minimum absolute atomic E-state index is 0.0850. The van der Waals surface area contributed by atoms with Gasteiger partial charge < -0.3 is 0 Å². The molecule has 0 unspecified atom stereocenters. The van der Waals surface area contributed by atoms with Gasteiger partial charge in [0.05, 0.1) is 0 Å². The summed E-state index contributed by atoms with van der Waals surface area (Å²) in [6, 6.07) is 46.6. The Hall–Kier alpha value is -4.43. The molecule has 1 heterocycles. The number of aryl methyl sites for hydroxylation is 3. The molecule has 0 bridgehead atoms. The molecule has 0 aromatic heterocycles. The molecule has 40 heavy (non-hydrogen) atoms. The van der Waals surface area contributed by atoms with Crippen molar-refractivity contribution in [2.75, 3.05) is 4.90 Å². The van der Waals surface area contributed by atoms with Crippen LogP contribution in [0.1, 0.15) is 53.7 Å². The number of para-hydroxylation sites is 2. The summed E-state index contributed by atoms with van der Waals surface area (Å²) >= 11 is 0. The standard InChI is InChI=1S/C38H37N2/c1-4-29-24-16-25-30(5-2)36(29)40-27-39(35-28(3)17-15-26-34(35)31-18-9-6-10-19-31)37(32-20-11-7-12-21-32)38(40)33-22-13-8-14-23-33/h6-27,37-38H,4-5H2,1-3H3/q+1/t37-,38-/m0/s1. The van der Waals surface area contributed by atoms with E-state index in [0.717, 1.165) is 12.8 Å². The van der Waals surface area contributed by atoms with Gasteiger partial charge in [-0.05, 0) is 42.0 Å². The summed E-state index contributed by atoms with van der Waals surface area (Å²) < 4.78 is 2.55. The maximum Gasteiger partial charge on any atom is 0.245 e. The van der Waals surface area contributed by atoms with Crippen LogP contribution in [0.4, 0.5) is 11.4 Å². The molecule has 5 aromatic carbocycles. The van der Waals surface area contributed by atoms with Gasteiger partial charge in [-0.2, -0.15) is 0 Å². The molecule has 0 aliphatic carbocycles. The van der Waals surface area contributed by atoms with E-state index in [1.807, 2.05) is 0 Å². The van der Waals surface area contributed by atoms with Gasteiger partial charge in [0.25, 0.3) is 0 Å². The van der Waals surface area contributed by atoms with Crippen molar-refractivity contribution in [1.29, 1.82) is 0 Å². The Morgan fingerprint density at radius 1 is 0.600 bits per heavy atom. The molecule has 198 valence electrons. The van der Waals surface area contributed by atoms with E-state index in [9.17, 15) is 0 Å². The topological polar surface area (TPSA) is 6.25 Å². The number of hydrogen-bond donors (Lipinski definition) is 0. The van der Waals surface area contributed by atoms with E-state index >= 15 is 0 Å². The van der Waals surface area contributed by atoms with Gasteiger partial charge in [0, 0.05) is 16.7 Å². The molecule has 2 heteroatoms. The summed E-state index contributed by atoms with van der Waals surface area (Å²) in [7, 11) is 0. The average molecular weight is 522 g/mol. The maximum absolute atomic E-state index is 2.58. The van der Waals surface area contributed by atoms with Crippen molar-refractivity contribution in [2.45, 2.75) is 45.7 Å². The number of nitrogens with zero attached hydrogens (tertiary/aromatic N) is 2. The highest BCUT2D eigenvalue weighted by molar-refractivity contribution is 5.86. The van der Waals surface area contributed by atoms with Crippen molar-refractivity contribution in [3.63, 3.8) is 0 Å². The zero-order valence-corrected chi connectivity index (χ0v) is 23.7. The molecule has 0 spiro atoms. The molecule has 0 N–H and O–H groups in total. The van der Waals surface area contributed by atoms with Crippen LogP contribution >= 0.6 is 0 Å². The highest BCUT2D eigenvalue weighted by Crippen LogP contribution is 2.49. The van der Waals surface area contributed by atoms with Crippen molar-refractivity contribution in [3.8, 4) is 11.1 Å². The first-order valence-electron chi connectivity index (χ1n) is 14.5. The van der Waals surface area contributed by atoms with Gasteiger partial charge in [0.1, 0.15) is 11.4 Å². The lowest BCUT2D eigenvalue weighted by Gasteiger charge is -2.27. The molecule has 0 radical (unpaired) electrons. The van der Waals surface area contributed by atoms with Gasteiger partial charge in [-0.25, -0.2) is 9.48 Å². The van der Waals surface area contributed by atoms with Crippen molar-refractivity contribution < 1.29 is 4.58 Å². The zero-order chi connectivity index (χ0) is 27.5. The summed E-state index contributed by atoms with van der Waals surface area (Å²) in [5, 5.41) is 0. The Morgan fingerprint density at radius 2 is 1.15 bits per heavy atom. The molecule has 5 aromatic rings. The minimum atomic E-state index is 0.0850. The smallest absolute Gasteiger partial charge is 0.221 e. The fraction of sp³-hybridized carbons (Fsp3) is 0.184. The second-order valence-electron chi connectivity index (χ2n) is 10.6. The zero-order valence-electron chi connectivity index (χ0n) is 23.7. The van der Waals surface area contributed by atoms with Gasteiger partial charge in [-0.15, -0.1) is 0 Å². The molecule has 0 amide bonds. The minimum Gasteiger partial charge on any atom is -0.221 e. The highest BCUT2D eigenvalue weighted by Gasteiger charge is 2.47. The van der Waals surface area contributed by atoms with Gasteiger partial charge in [0.15, 0.2) is 12.1 Å². The first kappa shape index (κ1) is 25.8. The van der Waals surface area contributed by atoms with E-state index in [4.69, 9.17) is 0 Å². The van der Waals surface area contributed by atoms with E-state index in [0.29, 0.717) is 0 Å². The number of rotatable bonds is 7. The van der Waals surface area contributed by atoms with E-state index in [2.05, 4.69) is 164 Å². The molecule has 2 atom stereocenters. The first-order valence-corrected chi connectivity index (χ1v) is 14.5. The summed E-state index contributed by atoms with van der Waals surface area (Å²) in [5.74, 6) is 0. The predicted molar refractivity (Wildman–Crippen MR) is 169 cm³/mol. The Kier molecular flexibility index (Phi) is 7.33. The highest BCUT2D eigenvalue weighted by atomic mass is 15.3. The monoisotopic (exact) mass is 521 g/mol. The molecule has 1 aliphatic rings. The third-order valence-corrected chi connectivity index (χ3v) is 8.23. The van der Waals surface area contributed by atoms with E-state index < -0.39 is 0 Å². The largest absolute Gasteiger partial charge is 0.245 e. The van der Waals surface area contributed by atoms with Crippen LogP contribution in [0.3, 0.4) is 0 Å². The second-order valence-corrected chi connectivity index (χ2v) is 10.6. The van der Waals surface area contributed by atoms with Crippen LogP contribution in [0, 0.1) is 6.92 Å². The summed E-state index contributed by atoms with van der Waals surface area (Å²) in [6.45, 7) is 6.79. The van der Waals surface area contributed by atoms with Crippen LogP contribution in [-0.2, 0) is 12.8 Å². The van der Waals surface area contributed by atoms with Crippen molar-refractivity contribution >= 4 is 17.7 Å².